The third-order valence-corrected chi connectivity index (χ3v) is 1.87. The first kappa shape index (κ1) is 14.3. The van der Waals surface area contributed by atoms with Crippen molar-refractivity contribution in [1.29, 1.82) is 0 Å². The Bertz CT molecular complexity index is 164. The Hall–Kier alpha value is -0.650. The summed E-state index contributed by atoms with van der Waals surface area (Å²) in [5, 5.41) is 11.4. The molecule has 0 saturated carbocycles. The normalized spacial score (nSPS) is 12.5. The van der Waals surface area contributed by atoms with Crippen molar-refractivity contribution in [2.75, 3.05) is 33.5 Å². The summed E-state index contributed by atoms with van der Waals surface area (Å²) in [7, 11) is 1.58. The van der Waals surface area contributed by atoms with Crippen molar-refractivity contribution in [3.05, 3.63) is 0 Å². The Morgan fingerprint density at radius 3 is 2.80 bits per heavy atom. The maximum absolute atomic E-state index is 11.2. The fraction of sp³-hybridized carbons (Fsp3) is 0.900. The lowest BCUT2D eigenvalue weighted by atomic mass is 10.2. The fourth-order valence-corrected chi connectivity index (χ4v) is 1.09. The van der Waals surface area contributed by atoms with E-state index in [9.17, 15) is 4.79 Å². The maximum Gasteiger partial charge on any atom is 0.246 e. The minimum atomic E-state index is -0.128. The summed E-state index contributed by atoms with van der Waals surface area (Å²) in [5.41, 5.74) is 0. The van der Waals surface area contributed by atoms with Gasteiger partial charge >= 0.3 is 0 Å². The average molecular weight is 219 g/mol. The van der Waals surface area contributed by atoms with Crippen molar-refractivity contribution in [2.24, 2.45) is 0 Å². The molecule has 0 aliphatic carbocycles. The summed E-state index contributed by atoms with van der Waals surface area (Å²) in [4.78, 5) is 11.2. The molecule has 0 aromatic heterocycles. The number of ether oxygens (including phenoxy) is 2. The van der Waals surface area contributed by atoms with Gasteiger partial charge in [0.05, 0.1) is 13.2 Å². The van der Waals surface area contributed by atoms with Crippen LogP contribution in [0.1, 0.15) is 19.8 Å². The summed E-state index contributed by atoms with van der Waals surface area (Å²) in [6, 6.07) is 0.0793. The molecule has 0 heterocycles. The molecule has 0 fully saturated rings. The highest BCUT2D eigenvalue weighted by Crippen LogP contribution is 1.94. The van der Waals surface area contributed by atoms with Crippen LogP contribution < -0.4 is 5.32 Å². The molecule has 0 aromatic carbocycles. The van der Waals surface area contributed by atoms with Gasteiger partial charge in [0.15, 0.2) is 0 Å². The number of rotatable bonds is 9. The van der Waals surface area contributed by atoms with Crippen molar-refractivity contribution in [3.8, 4) is 0 Å². The van der Waals surface area contributed by atoms with Crippen molar-refractivity contribution in [2.45, 2.75) is 25.8 Å². The number of nitrogens with one attached hydrogen (secondary N) is 1. The zero-order valence-electron chi connectivity index (χ0n) is 9.49. The Morgan fingerprint density at radius 2 is 2.20 bits per heavy atom. The zero-order chi connectivity index (χ0) is 11.5. The Labute approximate surface area is 90.8 Å². The molecule has 1 atom stereocenters. The molecule has 2 N–H and O–H groups in total. The summed E-state index contributed by atoms with van der Waals surface area (Å²) < 4.78 is 9.83. The molecule has 15 heavy (non-hydrogen) atoms. The van der Waals surface area contributed by atoms with E-state index in [2.05, 4.69) is 5.32 Å². The predicted octanol–water partition coefficient (Wildman–Crippen LogP) is -0.0734. The van der Waals surface area contributed by atoms with Crippen LogP contribution in [0.2, 0.25) is 0 Å². The van der Waals surface area contributed by atoms with Crippen LogP contribution >= 0.6 is 0 Å². The van der Waals surface area contributed by atoms with Crippen molar-refractivity contribution >= 4 is 5.91 Å². The van der Waals surface area contributed by atoms with Gasteiger partial charge in [-0.3, -0.25) is 4.79 Å². The minimum absolute atomic E-state index is 0.0623. The maximum atomic E-state index is 11.2. The number of carbonyl (C=O) groups excluding carboxylic acids is 1. The molecular formula is C10H21NO4. The number of aliphatic hydroxyl groups excluding tert-OH is 1. The summed E-state index contributed by atoms with van der Waals surface area (Å²) in [6.45, 7) is 3.04. The second-order valence-corrected chi connectivity index (χ2v) is 3.38. The quantitative estimate of drug-likeness (QED) is 0.533. The van der Waals surface area contributed by atoms with Crippen LogP contribution in [0.3, 0.4) is 0 Å². The van der Waals surface area contributed by atoms with Gasteiger partial charge in [0.1, 0.15) is 6.61 Å². The largest absolute Gasteiger partial charge is 0.396 e. The SMILES string of the molecule is COCCOCC(=O)NC(C)CCCO. The molecular weight excluding hydrogens is 198 g/mol. The predicted molar refractivity (Wildman–Crippen MR) is 56.6 cm³/mol. The first-order chi connectivity index (χ1) is 7.20. The zero-order valence-corrected chi connectivity index (χ0v) is 9.49. The Kier molecular flexibility index (Phi) is 9.46. The van der Waals surface area contributed by atoms with Gasteiger partial charge < -0.3 is 19.9 Å². The van der Waals surface area contributed by atoms with Gasteiger partial charge in [-0.1, -0.05) is 0 Å². The van der Waals surface area contributed by atoms with Gasteiger partial charge in [-0.15, -0.1) is 0 Å². The molecule has 1 unspecified atom stereocenters. The van der Waals surface area contributed by atoms with Crippen LogP contribution in [0, 0.1) is 0 Å². The van der Waals surface area contributed by atoms with Gasteiger partial charge in [0.25, 0.3) is 0 Å². The molecule has 0 aromatic rings. The van der Waals surface area contributed by atoms with Crippen LogP contribution in [-0.4, -0.2) is 50.6 Å². The average Bonchev–Trinajstić information content (AvgIpc) is 2.21. The van der Waals surface area contributed by atoms with E-state index in [4.69, 9.17) is 14.6 Å². The number of amides is 1. The van der Waals surface area contributed by atoms with E-state index in [1.807, 2.05) is 6.92 Å². The van der Waals surface area contributed by atoms with E-state index in [0.29, 0.717) is 19.6 Å². The van der Waals surface area contributed by atoms with Crippen molar-refractivity contribution in [3.63, 3.8) is 0 Å². The van der Waals surface area contributed by atoms with Crippen molar-refractivity contribution in [1.82, 2.24) is 5.32 Å². The molecule has 5 heteroatoms. The van der Waals surface area contributed by atoms with E-state index >= 15 is 0 Å². The highest BCUT2D eigenvalue weighted by molar-refractivity contribution is 5.77. The molecule has 0 aliphatic rings. The minimum Gasteiger partial charge on any atom is -0.396 e. The van der Waals surface area contributed by atoms with Gasteiger partial charge in [-0.05, 0) is 19.8 Å². The highest BCUT2D eigenvalue weighted by atomic mass is 16.5. The van der Waals surface area contributed by atoms with Crippen LogP contribution in [0.5, 0.6) is 0 Å². The molecule has 90 valence electrons. The monoisotopic (exact) mass is 219 g/mol. The first-order valence-corrected chi connectivity index (χ1v) is 5.17. The summed E-state index contributed by atoms with van der Waals surface area (Å²) >= 11 is 0. The van der Waals surface area contributed by atoms with Crippen LogP contribution in [-0.2, 0) is 14.3 Å². The van der Waals surface area contributed by atoms with E-state index in [-0.39, 0.29) is 25.2 Å². The second-order valence-electron chi connectivity index (χ2n) is 3.38. The van der Waals surface area contributed by atoms with E-state index in [0.717, 1.165) is 6.42 Å². The van der Waals surface area contributed by atoms with Gasteiger partial charge in [0, 0.05) is 19.8 Å². The molecule has 0 radical (unpaired) electrons. The van der Waals surface area contributed by atoms with Crippen molar-refractivity contribution < 1.29 is 19.4 Å². The number of hydrogen-bond donors (Lipinski definition) is 2. The fourth-order valence-electron chi connectivity index (χ4n) is 1.09. The van der Waals surface area contributed by atoms with Gasteiger partial charge in [0.2, 0.25) is 5.91 Å². The second kappa shape index (κ2) is 9.89. The van der Waals surface area contributed by atoms with Crippen LogP contribution in [0.25, 0.3) is 0 Å². The van der Waals surface area contributed by atoms with E-state index in [1.165, 1.54) is 0 Å². The molecule has 0 aliphatic heterocycles. The summed E-state index contributed by atoms with van der Waals surface area (Å²) in [6.07, 6.45) is 1.48. The number of hydrogen-bond acceptors (Lipinski definition) is 4. The van der Waals surface area contributed by atoms with E-state index < -0.39 is 0 Å². The third kappa shape index (κ3) is 9.65. The lowest BCUT2D eigenvalue weighted by Gasteiger charge is -2.13. The molecule has 0 rings (SSSR count). The third-order valence-electron chi connectivity index (χ3n) is 1.87. The Morgan fingerprint density at radius 1 is 1.47 bits per heavy atom. The first-order valence-electron chi connectivity index (χ1n) is 5.17. The van der Waals surface area contributed by atoms with Gasteiger partial charge in [-0.2, -0.15) is 0 Å². The smallest absolute Gasteiger partial charge is 0.246 e. The van der Waals surface area contributed by atoms with Crippen LogP contribution in [0.15, 0.2) is 0 Å². The van der Waals surface area contributed by atoms with E-state index in [1.54, 1.807) is 7.11 Å². The molecule has 5 nitrogen and oxygen atoms in total. The highest BCUT2D eigenvalue weighted by Gasteiger charge is 2.06. The van der Waals surface area contributed by atoms with Crippen LogP contribution in [0.4, 0.5) is 0 Å². The number of methoxy groups -OCH3 is 1. The van der Waals surface area contributed by atoms with Gasteiger partial charge in [-0.25, -0.2) is 0 Å². The Balaban J connectivity index is 3.38. The number of carbonyl (C=O) groups is 1. The number of aliphatic hydroxyl groups is 1. The molecule has 0 saturated heterocycles. The summed E-state index contributed by atoms with van der Waals surface area (Å²) in [5.74, 6) is -0.128. The standard InChI is InChI=1S/C10H21NO4/c1-9(4-3-5-12)11-10(13)8-15-7-6-14-2/h9,12H,3-8H2,1-2H3,(H,11,13). The molecule has 1 amide bonds. The molecule has 0 bridgehead atoms. The topological polar surface area (TPSA) is 67.8 Å². The molecule has 0 spiro atoms. The lowest BCUT2D eigenvalue weighted by Crippen LogP contribution is -2.35. The lowest BCUT2D eigenvalue weighted by molar-refractivity contribution is -0.126.